The van der Waals surface area contributed by atoms with Gasteiger partial charge in [-0.05, 0) is 18.2 Å². The van der Waals surface area contributed by atoms with Crippen molar-refractivity contribution in [3.8, 4) is 17.2 Å². The number of phenols is 1. The molecule has 0 fully saturated rings. The highest BCUT2D eigenvalue weighted by molar-refractivity contribution is 5.80. The Bertz CT molecular complexity index is 1120. The third-order valence-corrected chi connectivity index (χ3v) is 4.80. The van der Waals surface area contributed by atoms with E-state index < -0.39 is 5.92 Å². The average Bonchev–Trinajstić information content (AvgIpc) is 3.18. The number of hydrogen-bond acceptors (Lipinski definition) is 7. The quantitative estimate of drug-likeness (QED) is 0.581. The molecule has 0 unspecified atom stereocenters. The first-order chi connectivity index (χ1) is 14.1. The topological polar surface area (TPSA) is 118 Å². The largest absolute Gasteiger partial charge is 0.508 e. The third kappa shape index (κ3) is 3.62. The molecule has 8 heteroatoms. The Labute approximate surface area is 165 Å². The smallest absolute Gasteiger partial charge is 0.231 e. The Morgan fingerprint density at radius 2 is 1.90 bits per heavy atom. The molecule has 8 nitrogen and oxygen atoms in total. The highest BCUT2D eigenvalue weighted by atomic mass is 16.7. The van der Waals surface area contributed by atoms with Gasteiger partial charge in [0.15, 0.2) is 16.9 Å². The zero-order chi connectivity index (χ0) is 20.4. The van der Waals surface area contributed by atoms with Crippen molar-refractivity contribution in [2.24, 2.45) is 0 Å². The number of hydrogen-bond donors (Lipinski definition) is 3. The summed E-state index contributed by atoms with van der Waals surface area (Å²) in [5, 5.41) is 22.5. The van der Waals surface area contributed by atoms with Crippen LogP contribution in [0.4, 0.5) is 0 Å². The number of amides is 1. The number of nitrogens with one attached hydrogen (secondary N) is 1. The Morgan fingerprint density at radius 3 is 2.69 bits per heavy atom. The van der Waals surface area contributed by atoms with Gasteiger partial charge in [-0.2, -0.15) is 0 Å². The molecule has 2 heterocycles. The lowest BCUT2D eigenvalue weighted by Crippen LogP contribution is -2.29. The molecule has 2 aromatic carbocycles. The maximum atomic E-state index is 13.1. The molecule has 1 amide bonds. The van der Waals surface area contributed by atoms with Crippen LogP contribution in [0.2, 0.25) is 0 Å². The number of para-hydroxylation sites is 1. The fourth-order valence-corrected chi connectivity index (χ4v) is 3.40. The molecule has 1 aliphatic heterocycles. The molecule has 0 saturated heterocycles. The minimum Gasteiger partial charge on any atom is -0.508 e. The number of aliphatic hydroxyl groups excluding tert-OH is 1. The fraction of sp³-hybridized carbons (Fsp3) is 0.238. The van der Waals surface area contributed by atoms with Crippen molar-refractivity contribution < 1.29 is 28.9 Å². The van der Waals surface area contributed by atoms with Gasteiger partial charge in [0, 0.05) is 36.1 Å². The summed E-state index contributed by atoms with van der Waals surface area (Å²) in [6.45, 7) is -0.0905. The molecule has 150 valence electrons. The van der Waals surface area contributed by atoms with Gasteiger partial charge in [-0.15, -0.1) is 0 Å². The first kappa shape index (κ1) is 18.8. The van der Waals surface area contributed by atoms with Crippen molar-refractivity contribution in [1.29, 1.82) is 0 Å². The lowest BCUT2D eigenvalue weighted by Gasteiger charge is -2.19. The molecule has 4 rings (SSSR count). The maximum absolute atomic E-state index is 13.1. The van der Waals surface area contributed by atoms with E-state index in [1.165, 1.54) is 12.3 Å². The zero-order valence-corrected chi connectivity index (χ0v) is 15.4. The number of fused-ring (bicyclic) bond motifs is 2. The molecule has 0 radical (unpaired) electrons. The van der Waals surface area contributed by atoms with Crippen molar-refractivity contribution in [3.63, 3.8) is 0 Å². The van der Waals surface area contributed by atoms with Crippen LogP contribution in [-0.2, 0) is 4.79 Å². The molecule has 1 aromatic heterocycles. The Balaban J connectivity index is 1.83. The number of ether oxygens (including phenoxy) is 2. The van der Waals surface area contributed by atoms with E-state index in [0.717, 1.165) is 0 Å². The van der Waals surface area contributed by atoms with E-state index in [2.05, 4.69) is 5.32 Å². The second kappa shape index (κ2) is 7.84. The van der Waals surface area contributed by atoms with E-state index in [1.54, 1.807) is 30.3 Å². The van der Waals surface area contributed by atoms with Crippen LogP contribution >= 0.6 is 0 Å². The molecule has 0 bridgehead atoms. The van der Waals surface area contributed by atoms with E-state index >= 15 is 0 Å². The predicted octanol–water partition coefficient (Wildman–Crippen LogP) is 1.86. The van der Waals surface area contributed by atoms with Crippen LogP contribution < -0.4 is 20.2 Å². The van der Waals surface area contributed by atoms with Crippen LogP contribution in [0.3, 0.4) is 0 Å². The second-order valence-electron chi connectivity index (χ2n) is 6.61. The van der Waals surface area contributed by atoms with Crippen molar-refractivity contribution in [3.05, 3.63) is 64.0 Å². The van der Waals surface area contributed by atoms with Crippen LogP contribution in [0.1, 0.15) is 23.5 Å². The summed E-state index contributed by atoms with van der Waals surface area (Å²) < 4.78 is 16.3. The van der Waals surface area contributed by atoms with Crippen LogP contribution in [0.15, 0.2) is 51.9 Å². The van der Waals surface area contributed by atoms with Crippen LogP contribution in [0.25, 0.3) is 11.0 Å². The van der Waals surface area contributed by atoms with Gasteiger partial charge in [0.05, 0.1) is 18.3 Å². The van der Waals surface area contributed by atoms with Gasteiger partial charge in [-0.25, -0.2) is 0 Å². The highest BCUT2D eigenvalue weighted by Crippen LogP contribution is 2.42. The number of benzene rings is 2. The first-order valence-electron chi connectivity index (χ1n) is 9.09. The Morgan fingerprint density at radius 1 is 1.14 bits per heavy atom. The van der Waals surface area contributed by atoms with Gasteiger partial charge >= 0.3 is 0 Å². The summed E-state index contributed by atoms with van der Waals surface area (Å²) in [5.74, 6) is -0.483. The van der Waals surface area contributed by atoms with E-state index in [9.17, 15) is 14.7 Å². The zero-order valence-electron chi connectivity index (χ0n) is 15.4. The number of rotatable bonds is 6. The van der Waals surface area contributed by atoms with Crippen LogP contribution in [0.5, 0.6) is 17.2 Å². The number of aromatic hydroxyl groups is 1. The summed E-state index contributed by atoms with van der Waals surface area (Å²) in [6, 6.07) is 9.78. The molecular formula is C21H19NO7. The minimum absolute atomic E-state index is 0.0258. The third-order valence-electron chi connectivity index (χ3n) is 4.80. The summed E-state index contributed by atoms with van der Waals surface area (Å²) in [5.41, 5.74) is 0.719. The maximum Gasteiger partial charge on any atom is 0.231 e. The van der Waals surface area contributed by atoms with Crippen LogP contribution in [-0.4, -0.2) is 36.1 Å². The van der Waals surface area contributed by atoms with Crippen molar-refractivity contribution in [1.82, 2.24) is 5.32 Å². The monoisotopic (exact) mass is 397 g/mol. The van der Waals surface area contributed by atoms with Gasteiger partial charge in [-0.1, -0.05) is 12.1 Å². The lowest BCUT2D eigenvalue weighted by molar-refractivity contribution is -0.121. The Hall–Kier alpha value is -3.52. The van der Waals surface area contributed by atoms with Crippen molar-refractivity contribution in [2.45, 2.75) is 12.3 Å². The minimum atomic E-state index is -0.788. The number of aliphatic hydroxyl groups is 1. The molecule has 1 atom stereocenters. The average molecular weight is 397 g/mol. The normalized spacial score (nSPS) is 13.4. The summed E-state index contributed by atoms with van der Waals surface area (Å²) in [7, 11) is 0. The van der Waals surface area contributed by atoms with Gasteiger partial charge in [0.1, 0.15) is 11.3 Å². The fourth-order valence-electron chi connectivity index (χ4n) is 3.40. The lowest BCUT2D eigenvalue weighted by atomic mass is 9.87. The second-order valence-corrected chi connectivity index (χ2v) is 6.61. The summed E-state index contributed by atoms with van der Waals surface area (Å²) >= 11 is 0. The molecule has 1 aliphatic rings. The van der Waals surface area contributed by atoms with Gasteiger partial charge in [0.25, 0.3) is 0 Å². The molecule has 3 N–H and O–H groups in total. The van der Waals surface area contributed by atoms with Gasteiger partial charge < -0.3 is 29.4 Å². The summed E-state index contributed by atoms with van der Waals surface area (Å²) in [4.78, 5) is 25.5. The molecule has 29 heavy (non-hydrogen) atoms. The first-order valence-corrected chi connectivity index (χ1v) is 9.09. The molecular weight excluding hydrogens is 378 g/mol. The molecule has 0 aliphatic carbocycles. The van der Waals surface area contributed by atoms with Gasteiger partial charge in [0.2, 0.25) is 12.7 Å². The Kier molecular flexibility index (Phi) is 5.09. The molecule has 3 aromatic rings. The molecule has 0 saturated carbocycles. The number of phenolic OH excluding ortho intramolecular Hbond substituents is 1. The van der Waals surface area contributed by atoms with E-state index in [1.807, 2.05) is 0 Å². The van der Waals surface area contributed by atoms with E-state index in [0.29, 0.717) is 28.0 Å². The van der Waals surface area contributed by atoms with Crippen LogP contribution in [0, 0.1) is 0 Å². The highest BCUT2D eigenvalue weighted by Gasteiger charge is 2.28. The summed E-state index contributed by atoms with van der Waals surface area (Å²) in [6.07, 6.45) is 1.19. The predicted molar refractivity (Wildman–Crippen MR) is 103 cm³/mol. The molecule has 0 spiro atoms. The SMILES string of the molecule is O=C(C[C@@H](c1cc2c(cc1O)OCO2)c1coc2ccccc2c1=O)NCCO. The van der Waals surface area contributed by atoms with Crippen molar-refractivity contribution >= 4 is 16.9 Å². The van der Waals surface area contributed by atoms with Gasteiger partial charge in [-0.3, -0.25) is 9.59 Å². The van der Waals surface area contributed by atoms with Crippen molar-refractivity contribution in [2.75, 3.05) is 19.9 Å². The standard InChI is InChI=1S/C21H19NO7/c23-6-5-22-20(25)8-13(14-7-18-19(9-16(14)24)29-11-28-18)15-10-27-17-4-2-1-3-12(17)21(15)26/h1-4,7,9-10,13,23-24H,5-6,8,11H2,(H,22,25)/t13-/m0/s1. The number of carbonyl (C=O) groups excluding carboxylic acids is 1. The number of carbonyl (C=O) groups is 1. The van der Waals surface area contributed by atoms with E-state index in [-0.39, 0.29) is 49.0 Å². The van der Waals surface area contributed by atoms with E-state index in [4.69, 9.17) is 19.0 Å².